The fraction of sp³-hybridized carbons (Fsp3) is 0.632. The molecule has 0 aromatic carbocycles. The van der Waals surface area contributed by atoms with Gasteiger partial charge in [0.25, 0.3) is 0 Å². The van der Waals surface area contributed by atoms with Gasteiger partial charge in [-0.3, -0.25) is 4.79 Å². The first-order chi connectivity index (χ1) is 12.5. The maximum absolute atomic E-state index is 12.7. The van der Waals surface area contributed by atoms with Crippen molar-refractivity contribution in [3.05, 3.63) is 23.9 Å². The second-order valence-electron chi connectivity index (χ2n) is 6.94. The van der Waals surface area contributed by atoms with Crippen LogP contribution in [-0.2, 0) is 11.3 Å². The van der Waals surface area contributed by atoms with Gasteiger partial charge in [0.2, 0.25) is 11.8 Å². The molecule has 7 heteroatoms. The maximum Gasteiger partial charge on any atom is 0.230 e. The molecule has 0 atom stereocenters. The third-order valence-corrected chi connectivity index (χ3v) is 4.79. The first-order valence-corrected chi connectivity index (χ1v) is 9.23. The number of carbonyl (C=O) groups excluding carboxylic acids is 1. The smallest absolute Gasteiger partial charge is 0.230 e. The Morgan fingerprint density at radius 2 is 2.08 bits per heavy atom. The molecule has 2 N–H and O–H groups in total. The first kappa shape index (κ1) is 20.0. The molecule has 2 rings (SSSR count). The molecule has 144 valence electrons. The van der Waals surface area contributed by atoms with Gasteiger partial charge in [-0.25, -0.2) is 9.98 Å². The van der Waals surface area contributed by atoms with Crippen LogP contribution in [0.3, 0.4) is 0 Å². The van der Waals surface area contributed by atoms with Crippen LogP contribution in [0.25, 0.3) is 0 Å². The van der Waals surface area contributed by atoms with Crippen molar-refractivity contribution in [3.8, 4) is 5.88 Å². The first-order valence-electron chi connectivity index (χ1n) is 9.23. The minimum Gasteiger partial charge on any atom is -0.481 e. The molecule has 0 radical (unpaired) electrons. The van der Waals surface area contributed by atoms with Crippen LogP contribution < -0.4 is 15.4 Å². The number of carbonyl (C=O) groups is 1. The van der Waals surface area contributed by atoms with E-state index >= 15 is 0 Å². The number of hydrogen-bond acceptors (Lipinski definition) is 4. The highest BCUT2D eigenvalue weighted by atomic mass is 16.5. The summed E-state index contributed by atoms with van der Waals surface area (Å²) in [5.74, 6) is 1.51. The van der Waals surface area contributed by atoms with Gasteiger partial charge in [-0.1, -0.05) is 12.8 Å². The average molecular weight is 361 g/mol. The number of nitrogens with zero attached hydrogens (tertiary/aromatic N) is 3. The van der Waals surface area contributed by atoms with Crippen molar-refractivity contribution in [2.75, 3.05) is 34.3 Å². The number of methoxy groups -OCH3 is 1. The molecular weight excluding hydrogens is 330 g/mol. The van der Waals surface area contributed by atoms with Gasteiger partial charge in [-0.15, -0.1) is 0 Å². The number of pyridine rings is 1. The molecule has 0 spiro atoms. The molecule has 0 aliphatic heterocycles. The summed E-state index contributed by atoms with van der Waals surface area (Å²) >= 11 is 0. The van der Waals surface area contributed by atoms with E-state index in [4.69, 9.17) is 4.74 Å². The molecule has 1 saturated carbocycles. The highest BCUT2D eigenvalue weighted by Crippen LogP contribution is 2.38. The molecule has 0 saturated heterocycles. The SMILES string of the molecule is CCNC(=NCc1ccnc(OC)c1)NCC1(C(=O)N(C)C)CCCC1. The third kappa shape index (κ3) is 5.09. The maximum atomic E-state index is 12.7. The number of rotatable bonds is 7. The Morgan fingerprint density at radius 1 is 1.35 bits per heavy atom. The number of aliphatic imine (C=N–C) groups is 1. The van der Waals surface area contributed by atoms with Crippen molar-refractivity contribution in [2.24, 2.45) is 10.4 Å². The highest BCUT2D eigenvalue weighted by molar-refractivity contribution is 5.85. The summed E-state index contributed by atoms with van der Waals surface area (Å²) in [7, 11) is 5.26. The lowest BCUT2D eigenvalue weighted by molar-refractivity contribution is -0.138. The molecule has 0 bridgehead atoms. The Morgan fingerprint density at radius 3 is 2.69 bits per heavy atom. The molecular formula is C19H31N5O2. The van der Waals surface area contributed by atoms with Gasteiger partial charge < -0.3 is 20.3 Å². The number of ether oxygens (including phenoxy) is 1. The molecule has 7 nitrogen and oxygen atoms in total. The number of guanidine groups is 1. The van der Waals surface area contributed by atoms with Crippen molar-refractivity contribution >= 4 is 11.9 Å². The zero-order valence-corrected chi connectivity index (χ0v) is 16.3. The van der Waals surface area contributed by atoms with E-state index in [0.717, 1.165) is 43.8 Å². The number of nitrogens with one attached hydrogen (secondary N) is 2. The summed E-state index contributed by atoms with van der Waals surface area (Å²) in [5, 5.41) is 6.64. The van der Waals surface area contributed by atoms with Gasteiger partial charge in [-0.2, -0.15) is 0 Å². The minimum absolute atomic E-state index is 0.206. The standard InChI is InChI=1S/C19H31N5O2/c1-5-20-18(22-13-15-8-11-21-16(12-15)26-4)23-14-19(9-6-7-10-19)17(25)24(2)3/h8,11-12H,5-7,9-10,13-14H2,1-4H3,(H2,20,22,23). The van der Waals surface area contributed by atoms with Crippen LogP contribution in [0.4, 0.5) is 0 Å². The fourth-order valence-corrected chi connectivity index (χ4v) is 3.42. The fourth-order valence-electron chi connectivity index (χ4n) is 3.42. The molecule has 0 unspecified atom stereocenters. The Balaban J connectivity index is 2.05. The Labute approximate surface area is 156 Å². The second-order valence-corrected chi connectivity index (χ2v) is 6.94. The van der Waals surface area contributed by atoms with E-state index in [2.05, 4.69) is 20.6 Å². The quantitative estimate of drug-likeness (QED) is 0.572. The summed E-state index contributed by atoms with van der Waals surface area (Å²) < 4.78 is 5.15. The predicted molar refractivity (Wildman–Crippen MR) is 103 cm³/mol. The van der Waals surface area contributed by atoms with Gasteiger partial charge in [0.15, 0.2) is 5.96 Å². The number of hydrogen-bond donors (Lipinski definition) is 2. The van der Waals surface area contributed by atoms with Gasteiger partial charge >= 0.3 is 0 Å². The van der Waals surface area contributed by atoms with E-state index in [1.165, 1.54) is 0 Å². The largest absolute Gasteiger partial charge is 0.481 e. The van der Waals surface area contributed by atoms with E-state index in [1.807, 2.05) is 33.2 Å². The normalized spacial score (nSPS) is 16.2. The lowest BCUT2D eigenvalue weighted by Gasteiger charge is -2.31. The lowest BCUT2D eigenvalue weighted by Crippen LogP contribution is -2.49. The summed E-state index contributed by atoms with van der Waals surface area (Å²) in [4.78, 5) is 23.2. The average Bonchev–Trinajstić information content (AvgIpc) is 3.13. The van der Waals surface area contributed by atoms with Crippen LogP contribution in [0, 0.1) is 5.41 Å². The molecule has 1 fully saturated rings. The molecule has 1 amide bonds. The summed E-state index contributed by atoms with van der Waals surface area (Å²) in [6.07, 6.45) is 5.78. The summed E-state index contributed by atoms with van der Waals surface area (Å²) in [6, 6.07) is 3.80. The van der Waals surface area contributed by atoms with Gasteiger partial charge in [0, 0.05) is 39.4 Å². The van der Waals surface area contributed by atoms with Crippen LogP contribution in [0.2, 0.25) is 0 Å². The van der Waals surface area contributed by atoms with Crippen molar-refractivity contribution in [1.29, 1.82) is 0 Å². The van der Waals surface area contributed by atoms with E-state index in [9.17, 15) is 4.79 Å². The van der Waals surface area contributed by atoms with E-state index < -0.39 is 0 Å². The topological polar surface area (TPSA) is 78.9 Å². The van der Waals surface area contributed by atoms with Gasteiger partial charge in [-0.05, 0) is 31.4 Å². The minimum atomic E-state index is -0.320. The van der Waals surface area contributed by atoms with Crippen molar-refractivity contribution in [3.63, 3.8) is 0 Å². The van der Waals surface area contributed by atoms with Crippen molar-refractivity contribution in [2.45, 2.75) is 39.2 Å². The van der Waals surface area contributed by atoms with Crippen LogP contribution in [0.1, 0.15) is 38.2 Å². The van der Waals surface area contributed by atoms with E-state index in [1.54, 1.807) is 18.2 Å². The summed E-state index contributed by atoms with van der Waals surface area (Å²) in [5.41, 5.74) is 0.702. The van der Waals surface area contributed by atoms with E-state index in [0.29, 0.717) is 19.0 Å². The van der Waals surface area contributed by atoms with Crippen molar-refractivity contribution < 1.29 is 9.53 Å². The zero-order chi connectivity index (χ0) is 19.0. The monoisotopic (exact) mass is 361 g/mol. The molecule has 1 aliphatic carbocycles. The van der Waals surface area contributed by atoms with Crippen LogP contribution >= 0.6 is 0 Å². The molecule has 1 aromatic rings. The van der Waals surface area contributed by atoms with Crippen LogP contribution in [-0.4, -0.2) is 56.0 Å². The predicted octanol–water partition coefficient (Wildman–Crippen LogP) is 1.79. The van der Waals surface area contributed by atoms with Gasteiger partial charge in [0.1, 0.15) is 0 Å². The van der Waals surface area contributed by atoms with E-state index in [-0.39, 0.29) is 11.3 Å². The van der Waals surface area contributed by atoms with Crippen LogP contribution in [0.15, 0.2) is 23.3 Å². The van der Waals surface area contributed by atoms with Gasteiger partial charge in [0.05, 0.1) is 19.1 Å². The zero-order valence-electron chi connectivity index (χ0n) is 16.3. The molecule has 26 heavy (non-hydrogen) atoms. The van der Waals surface area contributed by atoms with Crippen LogP contribution in [0.5, 0.6) is 5.88 Å². The summed E-state index contributed by atoms with van der Waals surface area (Å²) in [6.45, 7) is 3.92. The molecule has 1 aliphatic rings. The third-order valence-electron chi connectivity index (χ3n) is 4.79. The molecule has 1 aromatic heterocycles. The second kappa shape index (κ2) is 9.40. The number of aromatic nitrogens is 1. The van der Waals surface area contributed by atoms with Crippen molar-refractivity contribution in [1.82, 2.24) is 20.5 Å². The molecule has 1 heterocycles. The lowest BCUT2D eigenvalue weighted by atomic mass is 9.84. The number of amides is 1. The Kier molecular flexibility index (Phi) is 7.24. The Bertz CT molecular complexity index is 624. The Hall–Kier alpha value is -2.31. The highest BCUT2D eigenvalue weighted by Gasteiger charge is 2.42.